The monoisotopic (exact) mass is 364 g/mol. The SMILES string of the molecule is CC(C)CCCNC(N)=Nc1nc(-c2ccc(CNC(N)=O)o2)cs1. The first-order chi connectivity index (χ1) is 11.9. The number of nitrogens with one attached hydrogen (secondary N) is 2. The molecular formula is C16H24N6O2S. The number of rotatable bonds is 8. The Kier molecular flexibility index (Phi) is 6.81. The van der Waals surface area contributed by atoms with Gasteiger partial charge in [-0.3, -0.25) is 0 Å². The lowest BCUT2D eigenvalue weighted by Gasteiger charge is -2.06. The van der Waals surface area contributed by atoms with Crippen molar-refractivity contribution < 1.29 is 9.21 Å². The van der Waals surface area contributed by atoms with Crippen LogP contribution < -0.4 is 22.1 Å². The topological polar surface area (TPSA) is 132 Å². The molecule has 0 saturated carbocycles. The van der Waals surface area contributed by atoms with Gasteiger partial charge in [-0.2, -0.15) is 4.99 Å². The molecule has 8 nitrogen and oxygen atoms in total. The van der Waals surface area contributed by atoms with Gasteiger partial charge < -0.3 is 26.5 Å². The number of furan rings is 1. The lowest BCUT2D eigenvalue weighted by molar-refractivity contribution is 0.247. The van der Waals surface area contributed by atoms with Crippen LogP contribution in [0.1, 0.15) is 32.4 Å². The van der Waals surface area contributed by atoms with Crippen LogP contribution in [-0.4, -0.2) is 23.5 Å². The number of nitrogens with two attached hydrogens (primary N) is 2. The second-order valence-corrected chi connectivity index (χ2v) is 6.80. The maximum absolute atomic E-state index is 10.7. The number of aromatic nitrogens is 1. The van der Waals surface area contributed by atoms with Crippen LogP contribution in [-0.2, 0) is 6.54 Å². The van der Waals surface area contributed by atoms with Crippen LogP contribution in [0.4, 0.5) is 9.93 Å². The summed E-state index contributed by atoms with van der Waals surface area (Å²) in [5.74, 6) is 2.23. The molecule has 0 bridgehead atoms. The van der Waals surface area contributed by atoms with E-state index in [-0.39, 0.29) is 6.54 Å². The lowest BCUT2D eigenvalue weighted by atomic mass is 10.1. The van der Waals surface area contributed by atoms with Crippen molar-refractivity contribution in [3.63, 3.8) is 0 Å². The second kappa shape index (κ2) is 9.07. The molecule has 0 spiro atoms. The molecule has 0 aliphatic rings. The Labute approximate surface area is 150 Å². The fourth-order valence-electron chi connectivity index (χ4n) is 2.08. The van der Waals surface area contributed by atoms with Gasteiger partial charge in [0.15, 0.2) is 11.7 Å². The molecule has 9 heteroatoms. The molecule has 25 heavy (non-hydrogen) atoms. The van der Waals surface area contributed by atoms with Crippen molar-refractivity contribution in [3.8, 4) is 11.5 Å². The van der Waals surface area contributed by atoms with Crippen LogP contribution in [0, 0.1) is 5.92 Å². The molecule has 136 valence electrons. The Morgan fingerprint density at radius 2 is 2.16 bits per heavy atom. The van der Waals surface area contributed by atoms with E-state index in [1.807, 2.05) is 5.38 Å². The van der Waals surface area contributed by atoms with E-state index < -0.39 is 6.03 Å². The number of hydrogen-bond acceptors (Lipinski definition) is 5. The molecule has 2 rings (SSSR count). The molecule has 0 aromatic carbocycles. The number of aliphatic imine (C=N–C) groups is 1. The molecule has 0 fully saturated rings. The molecule has 2 amide bonds. The molecule has 2 aromatic heterocycles. The van der Waals surface area contributed by atoms with Crippen molar-refractivity contribution in [2.24, 2.45) is 22.4 Å². The molecule has 0 atom stereocenters. The van der Waals surface area contributed by atoms with Gasteiger partial charge in [-0.15, -0.1) is 11.3 Å². The van der Waals surface area contributed by atoms with E-state index in [2.05, 4.69) is 34.5 Å². The van der Waals surface area contributed by atoms with Gasteiger partial charge in [0.1, 0.15) is 11.5 Å². The average Bonchev–Trinajstić information content (AvgIpc) is 3.18. The molecule has 0 unspecified atom stereocenters. The maximum atomic E-state index is 10.7. The molecular weight excluding hydrogens is 340 g/mol. The van der Waals surface area contributed by atoms with Crippen molar-refractivity contribution in [1.82, 2.24) is 15.6 Å². The van der Waals surface area contributed by atoms with E-state index in [4.69, 9.17) is 15.9 Å². The maximum Gasteiger partial charge on any atom is 0.312 e. The zero-order valence-corrected chi connectivity index (χ0v) is 15.2. The molecule has 0 radical (unpaired) electrons. The van der Waals surface area contributed by atoms with E-state index >= 15 is 0 Å². The minimum Gasteiger partial charge on any atom is -0.458 e. The number of guanidine groups is 1. The van der Waals surface area contributed by atoms with E-state index in [0.717, 1.165) is 19.4 Å². The highest BCUT2D eigenvalue weighted by molar-refractivity contribution is 7.13. The van der Waals surface area contributed by atoms with Gasteiger partial charge >= 0.3 is 6.03 Å². The van der Waals surface area contributed by atoms with Crippen LogP contribution >= 0.6 is 11.3 Å². The van der Waals surface area contributed by atoms with E-state index in [1.54, 1.807) is 12.1 Å². The lowest BCUT2D eigenvalue weighted by Crippen LogP contribution is -2.32. The predicted molar refractivity (Wildman–Crippen MR) is 99.6 cm³/mol. The van der Waals surface area contributed by atoms with E-state index in [1.165, 1.54) is 11.3 Å². The van der Waals surface area contributed by atoms with Gasteiger partial charge in [0, 0.05) is 11.9 Å². The van der Waals surface area contributed by atoms with Crippen LogP contribution in [0.2, 0.25) is 0 Å². The van der Waals surface area contributed by atoms with Crippen LogP contribution in [0.15, 0.2) is 26.9 Å². The normalized spacial score (nSPS) is 11.7. The Balaban J connectivity index is 1.90. The van der Waals surface area contributed by atoms with Gasteiger partial charge in [0.25, 0.3) is 0 Å². The Morgan fingerprint density at radius 3 is 2.88 bits per heavy atom. The number of carbonyl (C=O) groups is 1. The number of amides is 2. The molecule has 6 N–H and O–H groups in total. The first-order valence-electron chi connectivity index (χ1n) is 8.10. The number of primary amides is 1. The third kappa shape index (κ3) is 6.46. The fourth-order valence-corrected chi connectivity index (χ4v) is 2.77. The highest BCUT2D eigenvalue weighted by Gasteiger charge is 2.09. The quantitative estimate of drug-likeness (QED) is 0.325. The zero-order valence-electron chi connectivity index (χ0n) is 14.4. The number of hydrogen-bond donors (Lipinski definition) is 4. The summed E-state index contributed by atoms with van der Waals surface area (Å²) in [6.45, 7) is 5.41. The van der Waals surface area contributed by atoms with Gasteiger partial charge in [-0.1, -0.05) is 13.8 Å². The number of nitrogens with zero attached hydrogens (tertiary/aromatic N) is 2. The summed E-state index contributed by atoms with van der Waals surface area (Å²) < 4.78 is 5.62. The summed E-state index contributed by atoms with van der Waals surface area (Å²) in [4.78, 5) is 19.4. The minimum atomic E-state index is -0.598. The number of thiazole rings is 1. The van der Waals surface area contributed by atoms with Crippen molar-refractivity contribution >= 4 is 28.5 Å². The summed E-state index contributed by atoms with van der Waals surface area (Å²) in [5, 5.41) is 7.95. The predicted octanol–water partition coefficient (Wildman–Crippen LogP) is 2.54. The first kappa shape index (κ1) is 18.8. The van der Waals surface area contributed by atoms with Crippen molar-refractivity contribution in [1.29, 1.82) is 0 Å². The van der Waals surface area contributed by atoms with E-state index in [9.17, 15) is 4.79 Å². The third-order valence-corrected chi connectivity index (χ3v) is 4.06. The van der Waals surface area contributed by atoms with Crippen molar-refractivity contribution in [2.45, 2.75) is 33.2 Å². The van der Waals surface area contributed by atoms with Gasteiger partial charge in [0.05, 0.1) is 6.54 Å². The van der Waals surface area contributed by atoms with Crippen LogP contribution in [0.3, 0.4) is 0 Å². The largest absolute Gasteiger partial charge is 0.458 e. The van der Waals surface area contributed by atoms with Crippen molar-refractivity contribution in [3.05, 3.63) is 23.3 Å². The highest BCUT2D eigenvalue weighted by atomic mass is 32.1. The zero-order chi connectivity index (χ0) is 18.2. The molecule has 2 heterocycles. The second-order valence-electron chi connectivity index (χ2n) is 5.96. The molecule has 0 aliphatic heterocycles. The standard InChI is InChI=1S/C16H24N6O2S/c1-10(2)4-3-7-19-14(17)22-16-21-12(9-25-16)13-6-5-11(24-13)8-20-15(18)23/h5-6,9-10H,3-4,7-8H2,1-2H3,(H3,18,20,23)(H3,17,19,21,22). The third-order valence-electron chi connectivity index (χ3n) is 3.32. The van der Waals surface area contributed by atoms with Crippen molar-refractivity contribution in [2.75, 3.05) is 6.54 Å². The Bertz CT molecular complexity index is 722. The summed E-state index contributed by atoms with van der Waals surface area (Å²) in [6, 6.07) is 2.95. The molecule has 0 aliphatic carbocycles. The highest BCUT2D eigenvalue weighted by Crippen LogP contribution is 2.28. The Morgan fingerprint density at radius 1 is 1.36 bits per heavy atom. The smallest absolute Gasteiger partial charge is 0.312 e. The Hall–Kier alpha value is -2.55. The summed E-state index contributed by atoms with van der Waals surface area (Å²) in [6.07, 6.45) is 2.19. The average molecular weight is 364 g/mol. The summed E-state index contributed by atoms with van der Waals surface area (Å²) >= 11 is 1.38. The number of carbonyl (C=O) groups excluding carboxylic acids is 1. The summed E-state index contributed by atoms with van der Waals surface area (Å²) in [5.41, 5.74) is 11.6. The van der Waals surface area contributed by atoms with E-state index in [0.29, 0.717) is 34.2 Å². The fraction of sp³-hybridized carbons (Fsp3) is 0.438. The molecule has 0 saturated heterocycles. The first-order valence-corrected chi connectivity index (χ1v) is 8.98. The van der Waals surface area contributed by atoms with Gasteiger partial charge in [0.2, 0.25) is 5.13 Å². The van der Waals surface area contributed by atoms with Crippen LogP contribution in [0.5, 0.6) is 0 Å². The molecule has 2 aromatic rings. The minimum absolute atomic E-state index is 0.234. The van der Waals surface area contributed by atoms with Gasteiger partial charge in [-0.25, -0.2) is 9.78 Å². The van der Waals surface area contributed by atoms with Gasteiger partial charge in [-0.05, 0) is 30.9 Å². The summed E-state index contributed by atoms with van der Waals surface area (Å²) in [7, 11) is 0. The number of urea groups is 1. The van der Waals surface area contributed by atoms with Crippen LogP contribution in [0.25, 0.3) is 11.5 Å².